The summed E-state index contributed by atoms with van der Waals surface area (Å²) >= 11 is 2.20. The zero-order chi connectivity index (χ0) is 14.7. The van der Waals surface area contributed by atoms with Gasteiger partial charge in [-0.05, 0) is 60.6 Å². The van der Waals surface area contributed by atoms with Crippen LogP contribution in [-0.4, -0.2) is 29.6 Å². The molecule has 1 unspecified atom stereocenters. The van der Waals surface area contributed by atoms with Crippen molar-refractivity contribution in [2.24, 2.45) is 0 Å². The lowest BCUT2D eigenvalue weighted by Gasteiger charge is -2.33. The van der Waals surface area contributed by atoms with Crippen molar-refractivity contribution in [3.05, 3.63) is 21.8 Å². The van der Waals surface area contributed by atoms with Crippen LogP contribution in [0.15, 0.2) is 18.2 Å². The maximum absolute atomic E-state index is 12.2. The predicted octanol–water partition coefficient (Wildman–Crippen LogP) is 2.66. The topological polar surface area (TPSA) is 66.8 Å². The molecule has 0 spiro atoms. The number of carboxylic acids is 1. The van der Waals surface area contributed by atoms with E-state index in [0.717, 1.165) is 9.26 Å². The number of hydrogen-bond acceptors (Lipinski definition) is 3. The van der Waals surface area contributed by atoms with E-state index in [2.05, 4.69) is 22.6 Å². The summed E-state index contributed by atoms with van der Waals surface area (Å²) in [6, 6.07) is 5.71. The smallest absolute Gasteiger partial charge is 0.303 e. The number of carboxylic acid groups (broad SMARTS) is 1. The zero-order valence-corrected chi connectivity index (χ0v) is 13.3. The van der Waals surface area contributed by atoms with Gasteiger partial charge in [-0.15, -0.1) is 0 Å². The Morgan fingerprint density at radius 1 is 1.45 bits per heavy atom. The number of nitrogens with zero attached hydrogens (tertiary/aromatic N) is 1. The number of fused-ring (bicyclic) bond motifs is 1. The van der Waals surface area contributed by atoms with Gasteiger partial charge in [-0.3, -0.25) is 9.59 Å². The number of rotatable bonds is 5. The summed E-state index contributed by atoms with van der Waals surface area (Å²) in [5.41, 5.74) is 0.767. The molecule has 0 fully saturated rings. The van der Waals surface area contributed by atoms with Crippen LogP contribution < -0.4 is 9.64 Å². The van der Waals surface area contributed by atoms with Gasteiger partial charge in [0.05, 0.1) is 5.69 Å². The van der Waals surface area contributed by atoms with Crippen LogP contribution in [0.5, 0.6) is 5.75 Å². The fourth-order valence-electron chi connectivity index (χ4n) is 2.16. The summed E-state index contributed by atoms with van der Waals surface area (Å²) in [7, 11) is 0. The Morgan fingerprint density at radius 2 is 2.20 bits per heavy atom. The van der Waals surface area contributed by atoms with Gasteiger partial charge >= 0.3 is 5.97 Å². The van der Waals surface area contributed by atoms with Crippen molar-refractivity contribution in [1.82, 2.24) is 0 Å². The van der Waals surface area contributed by atoms with Crippen molar-refractivity contribution < 1.29 is 19.4 Å². The van der Waals surface area contributed by atoms with E-state index in [1.165, 1.54) is 0 Å². The second kappa shape index (κ2) is 6.43. The van der Waals surface area contributed by atoms with Crippen LogP contribution in [0.4, 0.5) is 5.69 Å². The number of carbonyl (C=O) groups is 2. The van der Waals surface area contributed by atoms with Crippen LogP contribution in [0, 0.1) is 3.57 Å². The van der Waals surface area contributed by atoms with Gasteiger partial charge in [0.1, 0.15) is 5.75 Å². The third-order valence-electron chi connectivity index (χ3n) is 3.15. The summed E-state index contributed by atoms with van der Waals surface area (Å²) in [5.74, 6) is -0.169. The molecule has 6 heteroatoms. The first kappa shape index (κ1) is 15.1. The average molecular weight is 389 g/mol. The van der Waals surface area contributed by atoms with Crippen LogP contribution in [-0.2, 0) is 9.59 Å². The predicted molar refractivity (Wildman–Crippen MR) is 83.1 cm³/mol. The maximum atomic E-state index is 12.2. The molecule has 1 aromatic carbocycles. The van der Waals surface area contributed by atoms with Gasteiger partial charge in [-0.1, -0.05) is 0 Å². The Bertz CT molecular complexity index is 532. The average Bonchev–Trinajstić information content (AvgIpc) is 2.38. The van der Waals surface area contributed by atoms with Gasteiger partial charge in [0, 0.05) is 16.5 Å². The number of carbonyl (C=O) groups excluding carboxylic acids is 1. The number of ether oxygens (including phenoxy) is 1. The van der Waals surface area contributed by atoms with Gasteiger partial charge < -0.3 is 14.7 Å². The third-order valence-corrected chi connectivity index (χ3v) is 3.82. The van der Waals surface area contributed by atoms with Gasteiger partial charge in [0.15, 0.2) is 6.10 Å². The fraction of sp³-hybridized carbons (Fsp3) is 0.429. The molecule has 20 heavy (non-hydrogen) atoms. The molecular weight excluding hydrogens is 373 g/mol. The molecule has 1 amide bonds. The van der Waals surface area contributed by atoms with Crippen LogP contribution in [0.3, 0.4) is 0 Å². The number of amides is 1. The SMILES string of the molecule is CC1Oc2cc(I)ccc2N(CCCCC(=O)O)C1=O. The molecule has 2 rings (SSSR count). The Balaban J connectivity index is 2.11. The molecule has 1 heterocycles. The molecular formula is C14H16INO4. The van der Waals surface area contributed by atoms with Gasteiger partial charge in [-0.25, -0.2) is 0 Å². The number of halogens is 1. The summed E-state index contributed by atoms with van der Waals surface area (Å²) in [5, 5.41) is 8.63. The first-order valence-corrected chi connectivity index (χ1v) is 7.56. The Kier molecular flexibility index (Phi) is 4.85. The quantitative estimate of drug-likeness (QED) is 0.621. The van der Waals surface area contributed by atoms with E-state index < -0.39 is 12.1 Å². The second-order valence-electron chi connectivity index (χ2n) is 4.71. The van der Waals surface area contributed by atoms with Crippen molar-refractivity contribution >= 4 is 40.2 Å². The lowest BCUT2D eigenvalue weighted by Crippen LogP contribution is -2.44. The first-order valence-electron chi connectivity index (χ1n) is 6.48. The highest BCUT2D eigenvalue weighted by atomic mass is 127. The van der Waals surface area contributed by atoms with Gasteiger partial charge in [0.2, 0.25) is 0 Å². The first-order chi connectivity index (χ1) is 9.49. The van der Waals surface area contributed by atoms with Crippen molar-refractivity contribution in [1.29, 1.82) is 0 Å². The summed E-state index contributed by atoms with van der Waals surface area (Å²) < 4.78 is 6.66. The van der Waals surface area contributed by atoms with E-state index in [-0.39, 0.29) is 12.3 Å². The van der Waals surface area contributed by atoms with E-state index in [0.29, 0.717) is 25.1 Å². The highest BCUT2D eigenvalue weighted by molar-refractivity contribution is 14.1. The van der Waals surface area contributed by atoms with Gasteiger partial charge in [-0.2, -0.15) is 0 Å². The number of aliphatic carboxylic acids is 1. The molecule has 5 nitrogen and oxygen atoms in total. The lowest BCUT2D eigenvalue weighted by atomic mass is 10.1. The van der Waals surface area contributed by atoms with Crippen molar-refractivity contribution in [2.75, 3.05) is 11.4 Å². The fourth-order valence-corrected chi connectivity index (χ4v) is 2.62. The van der Waals surface area contributed by atoms with Gasteiger partial charge in [0.25, 0.3) is 5.91 Å². The molecule has 0 saturated carbocycles. The van der Waals surface area contributed by atoms with E-state index in [1.54, 1.807) is 11.8 Å². The molecule has 108 valence electrons. The molecule has 0 bridgehead atoms. The number of unbranched alkanes of at least 4 members (excludes halogenated alkanes) is 1. The van der Waals surface area contributed by atoms with Crippen molar-refractivity contribution in [3.63, 3.8) is 0 Å². The van der Waals surface area contributed by atoms with E-state index in [1.807, 2.05) is 18.2 Å². The largest absolute Gasteiger partial charge is 0.481 e. The number of anilines is 1. The van der Waals surface area contributed by atoms with E-state index in [4.69, 9.17) is 9.84 Å². The second-order valence-corrected chi connectivity index (χ2v) is 5.96. The van der Waals surface area contributed by atoms with Crippen LogP contribution in [0.25, 0.3) is 0 Å². The minimum absolute atomic E-state index is 0.0750. The molecule has 1 aromatic rings. The monoisotopic (exact) mass is 389 g/mol. The minimum atomic E-state index is -0.804. The summed E-state index contributed by atoms with van der Waals surface area (Å²) in [4.78, 5) is 24.4. The Labute approximate surface area is 131 Å². The highest BCUT2D eigenvalue weighted by Crippen LogP contribution is 2.35. The van der Waals surface area contributed by atoms with Crippen LogP contribution >= 0.6 is 22.6 Å². The van der Waals surface area contributed by atoms with E-state index >= 15 is 0 Å². The zero-order valence-electron chi connectivity index (χ0n) is 11.1. The summed E-state index contributed by atoms with van der Waals surface area (Å²) in [6.07, 6.45) is 0.859. The summed E-state index contributed by atoms with van der Waals surface area (Å²) in [6.45, 7) is 2.25. The Morgan fingerprint density at radius 3 is 2.90 bits per heavy atom. The van der Waals surface area contributed by atoms with Crippen LogP contribution in [0.2, 0.25) is 0 Å². The van der Waals surface area contributed by atoms with Crippen LogP contribution in [0.1, 0.15) is 26.2 Å². The number of hydrogen-bond donors (Lipinski definition) is 1. The van der Waals surface area contributed by atoms with Crippen molar-refractivity contribution in [3.8, 4) is 5.75 Å². The molecule has 1 aliphatic rings. The molecule has 1 N–H and O–H groups in total. The highest BCUT2D eigenvalue weighted by Gasteiger charge is 2.31. The standard InChI is InChI=1S/C14H16INO4/c1-9-14(19)16(7-3-2-4-13(17)18)11-6-5-10(15)8-12(11)20-9/h5-6,8-9H,2-4,7H2,1H3,(H,17,18). The molecule has 1 atom stereocenters. The molecule has 0 radical (unpaired) electrons. The lowest BCUT2D eigenvalue weighted by molar-refractivity contribution is -0.137. The van der Waals surface area contributed by atoms with Crippen molar-refractivity contribution in [2.45, 2.75) is 32.3 Å². The molecule has 0 aliphatic carbocycles. The maximum Gasteiger partial charge on any atom is 0.303 e. The third kappa shape index (κ3) is 3.41. The molecule has 0 aromatic heterocycles. The van der Waals surface area contributed by atoms with E-state index in [9.17, 15) is 9.59 Å². The number of benzene rings is 1. The minimum Gasteiger partial charge on any atom is -0.481 e. The molecule has 1 aliphatic heterocycles. The molecule has 0 saturated heterocycles. The Hall–Kier alpha value is -1.31. The normalized spacial score (nSPS) is 17.6.